The molecule has 1 fully saturated rings. The van der Waals surface area contributed by atoms with Crippen molar-refractivity contribution in [3.05, 3.63) is 53.0 Å². The minimum Gasteiger partial charge on any atom is -0.477 e. The Hall–Kier alpha value is -3.36. The molecular weight excluding hydrogens is 482 g/mol. The smallest absolute Gasteiger partial charge is 0.352 e. The van der Waals surface area contributed by atoms with Gasteiger partial charge in [-0.3, -0.25) is 19.3 Å². The number of nitrogens with one attached hydrogen (secondary N) is 1. The molecule has 0 saturated carbocycles. The third-order valence-electron chi connectivity index (χ3n) is 5.42. The number of nitrogens with zero attached hydrogens (tertiary/aromatic N) is 4. The first kappa shape index (κ1) is 23.8. The van der Waals surface area contributed by atoms with Gasteiger partial charge in [0.2, 0.25) is 11.7 Å². The fourth-order valence-corrected chi connectivity index (χ4v) is 6.05. The summed E-state index contributed by atoms with van der Waals surface area (Å²) in [6, 6.07) is 6.93. The minimum atomic E-state index is -1.24. The monoisotopic (exact) mass is 503 g/mol. The summed E-state index contributed by atoms with van der Waals surface area (Å²) in [4.78, 5) is 50.0. The minimum absolute atomic E-state index is 0.0155. The SMILES string of the molecule is Cn1c(SCC2=C(C(=O)O)N3C(=O)C(NC(=O)C(N)c4ccccc4)[C@@H]3SC2)nnc1C(N)=O. The van der Waals surface area contributed by atoms with Crippen LogP contribution < -0.4 is 16.8 Å². The first-order valence-electron chi connectivity index (χ1n) is 10.0. The van der Waals surface area contributed by atoms with Crippen LogP contribution in [0.3, 0.4) is 0 Å². The van der Waals surface area contributed by atoms with Gasteiger partial charge in [0.05, 0.1) is 0 Å². The average molecular weight is 504 g/mol. The Morgan fingerprint density at radius 2 is 2.00 bits per heavy atom. The highest BCUT2D eigenvalue weighted by molar-refractivity contribution is 8.01. The van der Waals surface area contributed by atoms with Crippen LogP contribution in [0, 0.1) is 0 Å². The molecule has 34 heavy (non-hydrogen) atoms. The maximum absolute atomic E-state index is 12.8. The van der Waals surface area contributed by atoms with Gasteiger partial charge in [0.15, 0.2) is 5.16 Å². The molecule has 6 N–H and O–H groups in total. The number of carboxylic acid groups (broad SMARTS) is 1. The van der Waals surface area contributed by atoms with Crippen molar-refractivity contribution in [2.24, 2.45) is 18.5 Å². The number of hydrogen-bond donors (Lipinski definition) is 4. The van der Waals surface area contributed by atoms with E-state index in [4.69, 9.17) is 11.5 Å². The number of rotatable bonds is 8. The number of fused-ring (bicyclic) bond motifs is 1. The quantitative estimate of drug-likeness (QED) is 0.269. The van der Waals surface area contributed by atoms with Crippen molar-refractivity contribution < 1.29 is 24.3 Å². The number of primary amides is 1. The number of aliphatic carboxylic acids is 1. The molecule has 3 heterocycles. The van der Waals surface area contributed by atoms with Crippen LogP contribution >= 0.6 is 23.5 Å². The predicted octanol–water partition coefficient (Wildman–Crippen LogP) is -0.555. The Bertz CT molecular complexity index is 1200. The van der Waals surface area contributed by atoms with Gasteiger partial charge in [-0.2, -0.15) is 0 Å². The molecule has 1 aromatic heterocycles. The lowest BCUT2D eigenvalue weighted by Crippen LogP contribution is -2.71. The molecular formula is C20H21N7O5S2. The normalized spacial score (nSPS) is 20.4. The Morgan fingerprint density at radius 1 is 1.29 bits per heavy atom. The average Bonchev–Trinajstić information content (AvgIpc) is 3.20. The maximum atomic E-state index is 12.8. The van der Waals surface area contributed by atoms with Gasteiger partial charge in [-0.25, -0.2) is 4.79 Å². The Kier molecular flexibility index (Phi) is 6.63. The highest BCUT2D eigenvalue weighted by atomic mass is 32.2. The van der Waals surface area contributed by atoms with Crippen LogP contribution in [0.4, 0.5) is 0 Å². The molecule has 2 aliphatic rings. The number of aromatic nitrogens is 3. The number of hydrogen-bond acceptors (Lipinski definition) is 9. The number of β-lactam (4-membered cyclic amide) rings is 1. The zero-order valence-corrected chi connectivity index (χ0v) is 19.5. The van der Waals surface area contributed by atoms with E-state index in [1.54, 1.807) is 37.4 Å². The lowest BCUT2D eigenvalue weighted by molar-refractivity contribution is -0.150. The van der Waals surface area contributed by atoms with Crippen molar-refractivity contribution in [1.29, 1.82) is 0 Å². The molecule has 2 unspecified atom stereocenters. The number of nitrogens with two attached hydrogens (primary N) is 2. The third-order valence-corrected chi connectivity index (χ3v) is 7.87. The number of benzene rings is 1. The molecule has 2 aliphatic heterocycles. The summed E-state index contributed by atoms with van der Waals surface area (Å²) in [5, 5.41) is 19.9. The van der Waals surface area contributed by atoms with Gasteiger partial charge in [-0.1, -0.05) is 42.1 Å². The second kappa shape index (κ2) is 9.48. The molecule has 1 aromatic carbocycles. The molecule has 1 saturated heterocycles. The van der Waals surface area contributed by atoms with E-state index in [1.165, 1.54) is 33.0 Å². The van der Waals surface area contributed by atoms with Crippen molar-refractivity contribution in [2.75, 3.05) is 11.5 Å². The number of carboxylic acids is 1. The molecule has 0 spiro atoms. The van der Waals surface area contributed by atoms with Gasteiger partial charge in [0.1, 0.15) is 23.2 Å². The fraction of sp³-hybridized carbons (Fsp3) is 0.300. The summed E-state index contributed by atoms with van der Waals surface area (Å²) in [5.41, 5.74) is 12.3. The molecule has 12 nitrogen and oxygen atoms in total. The first-order chi connectivity index (χ1) is 16.2. The van der Waals surface area contributed by atoms with E-state index < -0.39 is 41.1 Å². The zero-order valence-electron chi connectivity index (χ0n) is 17.9. The predicted molar refractivity (Wildman–Crippen MR) is 123 cm³/mol. The topological polar surface area (TPSA) is 187 Å². The molecule has 3 atom stereocenters. The lowest BCUT2D eigenvalue weighted by atomic mass is 10.0. The van der Waals surface area contributed by atoms with Crippen molar-refractivity contribution in [2.45, 2.75) is 22.6 Å². The number of carbonyl (C=O) groups excluding carboxylic acids is 3. The van der Waals surface area contributed by atoms with Gasteiger partial charge in [-0.15, -0.1) is 22.0 Å². The highest BCUT2D eigenvalue weighted by Crippen LogP contribution is 2.41. The molecule has 178 valence electrons. The van der Waals surface area contributed by atoms with E-state index in [2.05, 4.69) is 15.5 Å². The van der Waals surface area contributed by atoms with Crippen LogP contribution in [0.2, 0.25) is 0 Å². The Labute approximate surface area is 202 Å². The molecule has 0 aliphatic carbocycles. The maximum Gasteiger partial charge on any atom is 0.352 e. The van der Waals surface area contributed by atoms with Crippen LogP contribution in [0.5, 0.6) is 0 Å². The van der Waals surface area contributed by atoms with Crippen molar-refractivity contribution >= 4 is 47.2 Å². The molecule has 4 rings (SSSR count). The lowest BCUT2D eigenvalue weighted by Gasteiger charge is -2.49. The van der Waals surface area contributed by atoms with Crippen LogP contribution in [-0.4, -0.2) is 71.4 Å². The third kappa shape index (κ3) is 4.26. The summed E-state index contributed by atoms with van der Waals surface area (Å²) in [6.07, 6.45) is 0. The Balaban J connectivity index is 1.46. The van der Waals surface area contributed by atoms with Crippen LogP contribution in [-0.2, 0) is 21.4 Å². The van der Waals surface area contributed by atoms with E-state index in [0.717, 1.165) is 0 Å². The van der Waals surface area contributed by atoms with Gasteiger partial charge in [0, 0.05) is 18.6 Å². The molecule has 2 aromatic rings. The van der Waals surface area contributed by atoms with Crippen molar-refractivity contribution in [3.8, 4) is 0 Å². The molecule has 14 heteroatoms. The van der Waals surface area contributed by atoms with Crippen LogP contribution in [0.25, 0.3) is 0 Å². The van der Waals surface area contributed by atoms with E-state index in [9.17, 15) is 24.3 Å². The number of thioether (sulfide) groups is 2. The van der Waals surface area contributed by atoms with Gasteiger partial charge in [0.25, 0.3) is 11.8 Å². The van der Waals surface area contributed by atoms with Crippen LogP contribution in [0.15, 0.2) is 46.8 Å². The summed E-state index contributed by atoms with van der Waals surface area (Å²) in [6.45, 7) is 0. The van der Waals surface area contributed by atoms with Crippen molar-refractivity contribution in [3.63, 3.8) is 0 Å². The Morgan fingerprint density at radius 3 is 2.62 bits per heavy atom. The number of carbonyl (C=O) groups is 4. The summed E-state index contributed by atoms with van der Waals surface area (Å²) < 4.78 is 1.42. The second-order valence-electron chi connectivity index (χ2n) is 7.56. The molecule has 3 amide bonds. The van der Waals surface area contributed by atoms with Crippen LogP contribution in [0.1, 0.15) is 22.2 Å². The van der Waals surface area contributed by atoms with Crippen molar-refractivity contribution in [1.82, 2.24) is 25.0 Å². The summed E-state index contributed by atoms with van der Waals surface area (Å²) in [7, 11) is 1.58. The van der Waals surface area contributed by atoms with E-state index in [0.29, 0.717) is 22.0 Å². The van der Waals surface area contributed by atoms with E-state index >= 15 is 0 Å². The van der Waals surface area contributed by atoms with Gasteiger partial charge >= 0.3 is 5.97 Å². The largest absolute Gasteiger partial charge is 0.477 e. The first-order valence-corrected chi connectivity index (χ1v) is 12.1. The second-order valence-corrected chi connectivity index (χ2v) is 9.61. The molecule has 0 radical (unpaired) electrons. The van der Waals surface area contributed by atoms with E-state index in [-0.39, 0.29) is 17.3 Å². The van der Waals surface area contributed by atoms with Gasteiger partial charge in [-0.05, 0) is 11.1 Å². The highest BCUT2D eigenvalue weighted by Gasteiger charge is 2.54. The van der Waals surface area contributed by atoms with Gasteiger partial charge < -0.3 is 26.5 Å². The summed E-state index contributed by atoms with van der Waals surface area (Å²) in [5.74, 6) is -2.46. The number of amides is 3. The van der Waals surface area contributed by atoms with E-state index in [1.807, 2.05) is 0 Å². The molecule has 0 bridgehead atoms. The summed E-state index contributed by atoms with van der Waals surface area (Å²) >= 11 is 2.53. The zero-order chi connectivity index (χ0) is 24.6. The standard InChI is InChI=1S/C20H21N7O5S2/c1-26-15(14(22)28)24-25-20(26)34-8-10-7-33-18-12(17(30)27(18)13(10)19(31)32)23-16(29)11(21)9-5-3-2-4-6-9/h2-6,11-12,18H,7-8,21H2,1H3,(H2,22,28)(H,23,29)(H,31,32)/t11?,12?,18-/m0/s1. The fourth-order valence-electron chi connectivity index (χ4n) is 3.66.